The first-order valence-corrected chi connectivity index (χ1v) is 11.5. The minimum atomic E-state index is 0.173. The molecular weight excluding hydrogens is 442 g/mol. The summed E-state index contributed by atoms with van der Waals surface area (Å²) in [5, 5.41) is 7.17. The number of ether oxygens (including phenoxy) is 1. The lowest BCUT2D eigenvalue weighted by molar-refractivity contribution is -0.118. The Kier molecular flexibility index (Phi) is 9.31. The van der Waals surface area contributed by atoms with Crippen LogP contribution in [-0.4, -0.2) is 77.5 Å². The van der Waals surface area contributed by atoms with Crippen LogP contribution in [0, 0.1) is 0 Å². The van der Waals surface area contributed by atoms with Crippen molar-refractivity contribution in [1.29, 1.82) is 0 Å². The number of hydrogen-bond donors (Lipinski definition) is 1. The van der Waals surface area contributed by atoms with Crippen LogP contribution in [0.4, 0.5) is 5.82 Å². The number of carbonyl (C=O) groups excluding carboxylic acids is 1. The summed E-state index contributed by atoms with van der Waals surface area (Å²) in [5.74, 6) is 0.572. The van der Waals surface area contributed by atoms with Gasteiger partial charge in [0.25, 0.3) is 0 Å². The summed E-state index contributed by atoms with van der Waals surface area (Å²) in [5.41, 5.74) is 6.59. The van der Waals surface area contributed by atoms with Gasteiger partial charge in [-0.05, 0) is 61.5 Å². The molecule has 1 aliphatic carbocycles. The highest BCUT2D eigenvalue weighted by molar-refractivity contribution is 6.28. The van der Waals surface area contributed by atoms with Crippen LogP contribution in [-0.2, 0) is 35.5 Å². The number of aliphatic hydroxyl groups excluding tert-OH is 1. The first-order chi connectivity index (χ1) is 16.0. The van der Waals surface area contributed by atoms with Crippen molar-refractivity contribution >= 4 is 29.5 Å². The summed E-state index contributed by atoms with van der Waals surface area (Å²) >= 11 is 6.04. The number of aromatic nitrogens is 2. The summed E-state index contributed by atoms with van der Waals surface area (Å²) < 4.78 is 5.10. The van der Waals surface area contributed by atoms with Crippen LogP contribution in [0.2, 0.25) is 5.28 Å². The molecule has 1 N–H and O–H groups in total. The molecule has 1 fully saturated rings. The number of likely N-dealkylation sites (N-methyl/N-ethyl adjacent to an activating group) is 1. The number of aliphatic imine (C=N–C) groups is 1. The number of benzene rings is 1. The van der Waals surface area contributed by atoms with Crippen LogP contribution < -0.4 is 0 Å². The smallest absolute Gasteiger partial charge is 0.224 e. The van der Waals surface area contributed by atoms with Gasteiger partial charge < -0.3 is 19.6 Å². The van der Waals surface area contributed by atoms with Crippen molar-refractivity contribution in [2.24, 2.45) is 4.99 Å². The van der Waals surface area contributed by atoms with Crippen LogP contribution >= 0.6 is 11.6 Å². The van der Waals surface area contributed by atoms with Crippen LogP contribution in [0.5, 0.6) is 0 Å². The molecule has 2 aromatic rings. The van der Waals surface area contributed by atoms with Gasteiger partial charge in [-0.25, -0.2) is 9.98 Å². The van der Waals surface area contributed by atoms with E-state index in [4.69, 9.17) is 26.4 Å². The van der Waals surface area contributed by atoms with Gasteiger partial charge in [-0.2, -0.15) is 4.98 Å². The van der Waals surface area contributed by atoms with Gasteiger partial charge in [0.05, 0.1) is 32.0 Å². The fourth-order valence-electron chi connectivity index (χ4n) is 4.23. The van der Waals surface area contributed by atoms with Gasteiger partial charge in [-0.15, -0.1) is 0 Å². The van der Waals surface area contributed by atoms with Crippen LogP contribution in [0.15, 0.2) is 23.2 Å². The van der Waals surface area contributed by atoms with Gasteiger partial charge in [-0.1, -0.05) is 18.2 Å². The predicted octanol–water partition coefficient (Wildman–Crippen LogP) is 2.79. The molecule has 0 saturated carbocycles. The molecule has 9 heteroatoms. The third-order valence-electron chi connectivity index (χ3n) is 5.95. The number of hydrogen-bond acceptors (Lipinski definition) is 7. The molecule has 33 heavy (non-hydrogen) atoms. The molecule has 1 saturated heterocycles. The van der Waals surface area contributed by atoms with Crippen LogP contribution in [0.3, 0.4) is 0 Å². The zero-order valence-electron chi connectivity index (χ0n) is 19.6. The lowest BCUT2D eigenvalue weighted by atomic mass is 10.0. The molecule has 1 amide bonds. The predicted molar refractivity (Wildman–Crippen MR) is 129 cm³/mol. The fourth-order valence-corrected chi connectivity index (χ4v) is 4.41. The van der Waals surface area contributed by atoms with E-state index in [1.54, 1.807) is 4.90 Å². The van der Waals surface area contributed by atoms with Crippen molar-refractivity contribution in [3.63, 3.8) is 0 Å². The van der Waals surface area contributed by atoms with E-state index < -0.39 is 0 Å². The Hall–Kier alpha value is -2.39. The third-order valence-corrected chi connectivity index (χ3v) is 6.12. The lowest BCUT2D eigenvalue weighted by Crippen LogP contribution is -2.32. The topological polar surface area (TPSA) is 91.2 Å². The second-order valence-electron chi connectivity index (χ2n) is 8.16. The Morgan fingerprint density at radius 2 is 1.91 bits per heavy atom. The first-order valence-electron chi connectivity index (χ1n) is 11.2. The van der Waals surface area contributed by atoms with Crippen molar-refractivity contribution in [2.75, 3.05) is 40.5 Å². The average Bonchev–Trinajstić information content (AvgIpc) is 3.48. The van der Waals surface area contributed by atoms with E-state index in [0.29, 0.717) is 18.9 Å². The van der Waals surface area contributed by atoms with E-state index in [-0.39, 0.29) is 5.28 Å². The number of morpholine rings is 1. The molecule has 3 aliphatic rings. The molecule has 0 atom stereocenters. The Labute approximate surface area is 200 Å². The molecule has 5 rings (SSSR count). The first kappa shape index (κ1) is 25.2. The Bertz CT molecular complexity index is 992. The largest absolute Gasteiger partial charge is 0.400 e. The lowest BCUT2D eigenvalue weighted by Gasteiger charge is -2.21. The van der Waals surface area contributed by atoms with Gasteiger partial charge in [-0.3, -0.25) is 4.79 Å². The maximum atomic E-state index is 11.1. The summed E-state index contributed by atoms with van der Waals surface area (Å²) in [6.45, 7) is 6.97. The van der Waals surface area contributed by atoms with E-state index in [2.05, 4.69) is 40.1 Å². The highest BCUT2D eigenvalue weighted by Gasteiger charge is 2.24. The minimum Gasteiger partial charge on any atom is -0.400 e. The number of carbonyl (C=O) groups is 1. The monoisotopic (exact) mass is 473 g/mol. The Morgan fingerprint density at radius 3 is 2.58 bits per heavy atom. The molecule has 2 aliphatic heterocycles. The molecule has 0 unspecified atom stereocenters. The quantitative estimate of drug-likeness (QED) is 0.418. The van der Waals surface area contributed by atoms with E-state index in [1.165, 1.54) is 23.1 Å². The zero-order chi connectivity index (χ0) is 23.8. The molecular formula is C24H32ClN5O3. The molecule has 0 radical (unpaired) electrons. The summed E-state index contributed by atoms with van der Waals surface area (Å²) in [6, 6.07) is 6.40. The molecule has 3 heterocycles. The standard InChI is InChI=1S/C18H17ClN4O.C5H11NO.CH4O/c1-11(13-6-2-4-12-5-3-7-14(12)13)20-17-15-8-23(10-24)9-16(15)21-18(19)22-17;1-6-2-4-7-5-3-6;1-2/h2,4,6,10H,3,5,7-9H2,1H3;2-5H2,1H3;2H,1H3. The normalized spacial score (nSPS) is 17.4. The van der Waals surface area contributed by atoms with E-state index in [1.807, 2.05) is 6.92 Å². The summed E-state index contributed by atoms with van der Waals surface area (Å²) in [7, 11) is 3.11. The average molecular weight is 474 g/mol. The Balaban J connectivity index is 0.000000289. The number of rotatable bonds is 3. The van der Waals surface area contributed by atoms with Gasteiger partial charge in [0.2, 0.25) is 11.7 Å². The van der Waals surface area contributed by atoms with Crippen LogP contribution in [0.1, 0.15) is 41.3 Å². The maximum Gasteiger partial charge on any atom is 0.224 e. The highest BCUT2D eigenvalue weighted by Crippen LogP contribution is 2.31. The van der Waals surface area contributed by atoms with Gasteiger partial charge >= 0.3 is 0 Å². The van der Waals surface area contributed by atoms with Crippen molar-refractivity contribution in [1.82, 2.24) is 19.8 Å². The van der Waals surface area contributed by atoms with E-state index >= 15 is 0 Å². The summed E-state index contributed by atoms with van der Waals surface area (Å²) in [6.07, 6.45) is 4.25. The highest BCUT2D eigenvalue weighted by atomic mass is 35.5. The number of nitrogens with zero attached hydrogens (tertiary/aromatic N) is 5. The van der Waals surface area contributed by atoms with Crippen molar-refractivity contribution < 1.29 is 14.6 Å². The molecule has 0 bridgehead atoms. The molecule has 0 spiro atoms. The van der Waals surface area contributed by atoms with E-state index in [0.717, 1.165) is 69.6 Å². The van der Waals surface area contributed by atoms with Crippen LogP contribution in [0.25, 0.3) is 0 Å². The third kappa shape index (κ3) is 6.35. The molecule has 178 valence electrons. The zero-order valence-corrected chi connectivity index (χ0v) is 20.3. The fraction of sp³-hybridized carbons (Fsp3) is 0.500. The van der Waals surface area contributed by atoms with Crippen molar-refractivity contribution in [2.45, 2.75) is 39.3 Å². The van der Waals surface area contributed by atoms with Gasteiger partial charge in [0.15, 0.2) is 5.82 Å². The second kappa shape index (κ2) is 12.2. The van der Waals surface area contributed by atoms with Gasteiger partial charge in [0, 0.05) is 31.5 Å². The summed E-state index contributed by atoms with van der Waals surface area (Å²) in [4.78, 5) is 28.2. The SMILES string of the molecule is CC(=Nc1nc(Cl)nc2c1CN(C=O)C2)c1cccc2c1CCC2.CN1CCOCC1.CO. The number of halogens is 1. The Morgan fingerprint density at radius 1 is 1.15 bits per heavy atom. The molecule has 1 aromatic carbocycles. The molecule has 8 nitrogen and oxygen atoms in total. The van der Waals surface area contributed by atoms with Crippen molar-refractivity contribution in [3.8, 4) is 0 Å². The maximum absolute atomic E-state index is 11.1. The van der Waals surface area contributed by atoms with Crippen molar-refractivity contribution in [3.05, 3.63) is 51.4 Å². The second-order valence-corrected chi connectivity index (χ2v) is 8.50. The number of amides is 1. The minimum absolute atomic E-state index is 0.173. The number of fused-ring (bicyclic) bond motifs is 2. The van der Waals surface area contributed by atoms with Gasteiger partial charge in [0.1, 0.15) is 0 Å². The molecule has 1 aromatic heterocycles. The van der Waals surface area contributed by atoms with E-state index in [9.17, 15) is 4.79 Å². The number of aliphatic hydroxyl groups is 1. The number of aryl methyl sites for hydroxylation is 1.